The standard InChI is InChI=1S/C8H14N3O3/c9-11-6-14-7(8(11)12)5-10-1-3-13-4-2-10/h6-7,9,12H,1-5H2/q-1/p+1. The Labute approximate surface area is 82.5 Å². The molecule has 0 amide bonds. The van der Waals surface area contributed by atoms with Crippen molar-refractivity contribution in [2.45, 2.75) is 6.10 Å². The molecule has 2 heterocycles. The van der Waals surface area contributed by atoms with E-state index >= 15 is 0 Å². The van der Waals surface area contributed by atoms with Gasteiger partial charge in [-0.25, -0.2) is 0 Å². The maximum Gasteiger partial charge on any atom is 0.220 e. The van der Waals surface area contributed by atoms with Crippen LogP contribution in [0.2, 0.25) is 0 Å². The fourth-order valence-electron chi connectivity index (χ4n) is 1.67. The zero-order valence-corrected chi connectivity index (χ0v) is 7.90. The van der Waals surface area contributed by atoms with Gasteiger partial charge in [0.2, 0.25) is 5.90 Å². The number of hydrogen-bond donors (Lipinski definition) is 2. The molecule has 1 saturated heterocycles. The number of nitrogens with one attached hydrogen (secondary N) is 2. The number of quaternary nitrogens is 1. The Morgan fingerprint density at radius 3 is 2.86 bits per heavy atom. The number of nitrogens with zero attached hydrogens (tertiary/aromatic N) is 1. The minimum Gasteiger partial charge on any atom is -0.546 e. The van der Waals surface area contributed by atoms with Crippen LogP contribution < -0.4 is 4.90 Å². The molecule has 0 aromatic heterocycles. The lowest BCUT2D eigenvalue weighted by molar-refractivity contribution is -0.909. The van der Waals surface area contributed by atoms with Crippen LogP contribution in [0, 0.1) is 6.73 Å². The summed E-state index contributed by atoms with van der Waals surface area (Å²) in [7, 11) is 0. The van der Waals surface area contributed by atoms with E-state index in [-0.39, 0.29) is 12.0 Å². The third-order valence-electron chi connectivity index (χ3n) is 2.54. The van der Waals surface area contributed by atoms with Crippen molar-refractivity contribution < 1.29 is 24.2 Å². The van der Waals surface area contributed by atoms with E-state index in [1.165, 1.54) is 11.6 Å². The van der Waals surface area contributed by atoms with Crippen molar-refractivity contribution in [3.8, 4) is 0 Å². The third-order valence-corrected chi connectivity index (χ3v) is 2.54. The average Bonchev–Trinajstić information content (AvgIpc) is 2.52. The largest absolute Gasteiger partial charge is 0.546 e. The van der Waals surface area contributed by atoms with Crippen LogP contribution in [0.25, 0.3) is 5.84 Å². The van der Waals surface area contributed by atoms with Crippen molar-refractivity contribution in [3.63, 3.8) is 0 Å². The zero-order chi connectivity index (χ0) is 9.97. The molecular weight excluding hydrogens is 186 g/mol. The van der Waals surface area contributed by atoms with E-state index in [1.807, 2.05) is 0 Å². The summed E-state index contributed by atoms with van der Waals surface area (Å²) in [5.41, 5.74) is 0. The Morgan fingerprint density at radius 2 is 2.29 bits per heavy atom. The monoisotopic (exact) mass is 201 g/mol. The molecule has 1 atom stereocenters. The van der Waals surface area contributed by atoms with E-state index in [2.05, 4.69) is 0 Å². The molecule has 0 aromatic rings. The summed E-state index contributed by atoms with van der Waals surface area (Å²) in [6.07, 6.45) is -0.361. The topological polar surface area (TPSA) is 69.9 Å². The van der Waals surface area contributed by atoms with Gasteiger partial charge in [-0.3, -0.25) is 0 Å². The molecule has 14 heavy (non-hydrogen) atoms. The molecular formula is C8H15N3O3. The van der Waals surface area contributed by atoms with Crippen LogP contribution in [0.4, 0.5) is 0 Å². The minimum absolute atomic E-state index is 0.0241. The lowest BCUT2D eigenvalue weighted by Crippen LogP contribution is -3.15. The molecule has 0 saturated carbocycles. The molecule has 6 nitrogen and oxygen atoms in total. The summed E-state index contributed by atoms with van der Waals surface area (Å²) < 4.78 is 11.2. The second-order valence-electron chi connectivity index (χ2n) is 3.52. The molecule has 2 rings (SSSR count). The van der Waals surface area contributed by atoms with Gasteiger partial charge in [0.1, 0.15) is 25.9 Å². The number of aliphatic hydroxyl groups is 1. The molecule has 80 valence electrons. The van der Waals surface area contributed by atoms with Gasteiger partial charge in [0.25, 0.3) is 0 Å². The van der Waals surface area contributed by atoms with E-state index in [0.29, 0.717) is 6.54 Å². The van der Waals surface area contributed by atoms with Gasteiger partial charge >= 0.3 is 0 Å². The van der Waals surface area contributed by atoms with Gasteiger partial charge in [0.15, 0.2) is 0 Å². The maximum absolute atomic E-state index is 9.44. The molecule has 2 aliphatic rings. The lowest BCUT2D eigenvalue weighted by atomic mass is 10.3. The molecule has 0 bridgehead atoms. The van der Waals surface area contributed by atoms with Gasteiger partial charge in [-0.15, -0.1) is 0 Å². The number of aliphatic hydroxyl groups excluding tert-OH is 1. The number of ether oxygens (including phenoxy) is 2. The Morgan fingerprint density at radius 1 is 1.57 bits per heavy atom. The van der Waals surface area contributed by atoms with Crippen molar-refractivity contribution in [1.29, 1.82) is 0 Å². The highest BCUT2D eigenvalue weighted by molar-refractivity contribution is 5.75. The second-order valence-corrected chi connectivity index (χ2v) is 3.52. The van der Waals surface area contributed by atoms with Crippen LogP contribution in [-0.4, -0.2) is 54.6 Å². The molecule has 2 aliphatic heterocycles. The van der Waals surface area contributed by atoms with E-state index in [0.717, 1.165) is 31.0 Å². The molecule has 1 fully saturated rings. The number of hydrogen-bond acceptors (Lipinski definition) is 2. The van der Waals surface area contributed by atoms with Gasteiger partial charge in [-0.1, -0.05) is 0 Å². The third kappa shape index (κ3) is 1.92. The van der Waals surface area contributed by atoms with Crippen LogP contribution in [0.3, 0.4) is 0 Å². The van der Waals surface area contributed by atoms with E-state index in [1.54, 1.807) is 0 Å². The van der Waals surface area contributed by atoms with Crippen LogP contribution >= 0.6 is 0 Å². The smallest absolute Gasteiger partial charge is 0.220 e. The minimum atomic E-state index is -0.361. The fourth-order valence-corrected chi connectivity index (χ4v) is 1.67. The lowest BCUT2D eigenvalue weighted by Gasteiger charge is -2.26. The average molecular weight is 201 g/mol. The van der Waals surface area contributed by atoms with E-state index in [9.17, 15) is 5.11 Å². The highest BCUT2D eigenvalue weighted by Crippen LogP contribution is 2.05. The van der Waals surface area contributed by atoms with Crippen LogP contribution in [0.15, 0.2) is 0 Å². The van der Waals surface area contributed by atoms with Crippen molar-refractivity contribution in [2.24, 2.45) is 0 Å². The predicted octanol–water partition coefficient (Wildman–Crippen LogP) is -1.64. The van der Waals surface area contributed by atoms with Crippen molar-refractivity contribution in [1.82, 2.24) is 0 Å². The first-order chi connectivity index (χ1) is 6.77. The first kappa shape index (κ1) is 9.57. The normalized spacial score (nSPS) is 29.3. The quantitative estimate of drug-likeness (QED) is 0.415. The molecule has 0 aromatic carbocycles. The summed E-state index contributed by atoms with van der Waals surface area (Å²) in [5, 5.41) is 9.44. The van der Waals surface area contributed by atoms with Crippen LogP contribution in [0.5, 0.6) is 0 Å². The van der Waals surface area contributed by atoms with Gasteiger partial charge in [0, 0.05) is 0 Å². The number of morpholine rings is 1. The molecule has 0 aliphatic carbocycles. The summed E-state index contributed by atoms with van der Waals surface area (Å²) in [4.78, 5) is 1.34. The zero-order valence-electron chi connectivity index (χ0n) is 7.90. The molecule has 3 N–H and O–H groups in total. The fraction of sp³-hybridized carbons (Fsp3) is 0.750. The summed E-state index contributed by atoms with van der Waals surface area (Å²) >= 11 is 0. The first-order valence-corrected chi connectivity index (χ1v) is 4.74. The maximum atomic E-state index is 9.44. The highest BCUT2D eigenvalue weighted by Gasteiger charge is 2.26. The first-order valence-electron chi connectivity index (χ1n) is 4.74. The van der Waals surface area contributed by atoms with Crippen molar-refractivity contribution >= 4 is 5.90 Å². The Kier molecular flexibility index (Phi) is 2.76. The van der Waals surface area contributed by atoms with Crippen LogP contribution in [0.1, 0.15) is 0 Å². The summed E-state index contributed by atoms with van der Waals surface area (Å²) in [5.74, 6) is 7.19. The number of rotatable bonds is 2. The predicted molar refractivity (Wildman–Crippen MR) is 47.8 cm³/mol. The Balaban J connectivity index is 1.85. The summed E-state index contributed by atoms with van der Waals surface area (Å²) in [6.45, 7) is 5.31. The van der Waals surface area contributed by atoms with Gasteiger partial charge < -0.3 is 30.0 Å². The van der Waals surface area contributed by atoms with Crippen molar-refractivity contribution in [3.05, 3.63) is 12.6 Å². The van der Waals surface area contributed by atoms with E-state index in [4.69, 9.17) is 15.3 Å². The molecule has 0 radical (unpaired) electrons. The van der Waals surface area contributed by atoms with Crippen LogP contribution in [-0.2, 0) is 9.47 Å². The van der Waals surface area contributed by atoms with E-state index < -0.39 is 0 Å². The summed E-state index contributed by atoms with van der Waals surface area (Å²) in [6, 6.07) is 0. The second kappa shape index (κ2) is 4.04. The molecule has 6 heteroatoms. The Bertz CT molecular complexity index is 238. The van der Waals surface area contributed by atoms with Gasteiger partial charge in [-0.05, 0) is 0 Å². The SMILES string of the molecule is [NH-][N+]1=C(O)C(C[NH+]2CCOCC2)O[CH-]1. The van der Waals surface area contributed by atoms with Gasteiger partial charge in [-0.2, -0.15) is 0 Å². The van der Waals surface area contributed by atoms with Gasteiger partial charge in [0.05, 0.1) is 19.8 Å². The molecule has 0 spiro atoms. The Hall–Kier alpha value is -0.980. The molecule has 1 unspecified atom stereocenters. The highest BCUT2D eigenvalue weighted by atomic mass is 16.5. The van der Waals surface area contributed by atoms with Crippen molar-refractivity contribution in [2.75, 3.05) is 32.8 Å².